The van der Waals surface area contributed by atoms with Crippen LogP contribution in [0.15, 0.2) is 72.8 Å². The van der Waals surface area contributed by atoms with Crippen LogP contribution in [0.4, 0.5) is 8.78 Å². The fourth-order valence-electron chi connectivity index (χ4n) is 3.48. The summed E-state index contributed by atoms with van der Waals surface area (Å²) in [7, 11) is 0. The minimum absolute atomic E-state index is 0.219. The van der Waals surface area contributed by atoms with Crippen LogP contribution < -0.4 is 10.6 Å². The number of carbonyl (C=O) groups is 2. The summed E-state index contributed by atoms with van der Waals surface area (Å²) < 4.78 is 33.8. The molecule has 3 rings (SSSR count). The second-order valence-corrected chi connectivity index (χ2v) is 8.26. The second-order valence-electron chi connectivity index (χ2n) is 8.26. The molecule has 3 aromatic rings. The highest BCUT2D eigenvalue weighted by Crippen LogP contribution is 2.15. The van der Waals surface area contributed by atoms with Crippen molar-refractivity contribution >= 4 is 11.8 Å². The van der Waals surface area contributed by atoms with E-state index in [1.807, 2.05) is 54.6 Å². The van der Waals surface area contributed by atoms with Gasteiger partial charge < -0.3 is 15.4 Å². The predicted octanol–water partition coefficient (Wildman–Crippen LogP) is 4.75. The minimum atomic E-state index is -0.982. The van der Waals surface area contributed by atoms with Crippen LogP contribution in [0, 0.1) is 17.6 Å². The van der Waals surface area contributed by atoms with Crippen molar-refractivity contribution in [2.24, 2.45) is 5.92 Å². The van der Waals surface area contributed by atoms with Crippen molar-refractivity contribution in [3.05, 3.63) is 107 Å². The van der Waals surface area contributed by atoms with Gasteiger partial charge in [0.1, 0.15) is 23.2 Å². The first kappa shape index (κ1) is 25.1. The quantitative estimate of drug-likeness (QED) is 0.453. The van der Waals surface area contributed by atoms with Gasteiger partial charge in [0, 0.05) is 6.54 Å². The molecule has 0 saturated heterocycles. The van der Waals surface area contributed by atoms with Crippen molar-refractivity contribution in [1.29, 1.82) is 0 Å². The van der Waals surface area contributed by atoms with E-state index in [1.165, 1.54) is 6.07 Å². The molecule has 2 N–H and O–H groups in total. The van der Waals surface area contributed by atoms with E-state index in [-0.39, 0.29) is 12.5 Å². The van der Waals surface area contributed by atoms with Gasteiger partial charge in [-0.2, -0.15) is 0 Å². The number of rotatable bonds is 10. The van der Waals surface area contributed by atoms with Crippen molar-refractivity contribution in [3.8, 4) is 0 Å². The summed E-state index contributed by atoms with van der Waals surface area (Å²) >= 11 is 0. The van der Waals surface area contributed by atoms with E-state index in [0.717, 1.165) is 28.8 Å². The average molecular weight is 467 g/mol. The molecule has 1 unspecified atom stereocenters. The SMILES string of the molecule is CC(C)C(NC(=O)c1c(F)cccc1F)C(=O)NCc1ccccc1COCc1ccccc1. The van der Waals surface area contributed by atoms with E-state index in [9.17, 15) is 18.4 Å². The Hall–Kier alpha value is -3.58. The molecular formula is C27H28F2N2O3. The topological polar surface area (TPSA) is 67.4 Å². The Morgan fingerprint density at radius 2 is 1.44 bits per heavy atom. The van der Waals surface area contributed by atoms with Crippen LogP contribution >= 0.6 is 0 Å². The van der Waals surface area contributed by atoms with Gasteiger partial charge in [-0.3, -0.25) is 9.59 Å². The molecule has 0 saturated carbocycles. The van der Waals surface area contributed by atoms with Crippen molar-refractivity contribution in [3.63, 3.8) is 0 Å². The maximum Gasteiger partial charge on any atom is 0.257 e. The lowest BCUT2D eigenvalue weighted by atomic mass is 10.0. The standard InChI is InChI=1S/C27H28F2N2O3/c1-18(2)25(31-26(32)24-22(28)13-8-14-23(24)29)27(33)30-15-20-11-6-7-12-21(20)17-34-16-19-9-4-3-5-10-19/h3-14,18,25H,15-17H2,1-2H3,(H,30,33)(H,31,32). The summed E-state index contributed by atoms with van der Waals surface area (Å²) in [6.07, 6.45) is 0. The van der Waals surface area contributed by atoms with E-state index in [0.29, 0.717) is 13.2 Å². The minimum Gasteiger partial charge on any atom is -0.372 e. The van der Waals surface area contributed by atoms with Gasteiger partial charge in [0.2, 0.25) is 5.91 Å². The highest BCUT2D eigenvalue weighted by Gasteiger charge is 2.27. The van der Waals surface area contributed by atoms with E-state index >= 15 is 0 Å². The van der Waals surface area contributed by atoms with Gasteiger partial charge in [-0.1, -0.05) is 74.5 Å². The molecule has 0 aliphatic heterocycles. The second kappa shape index (κ2) is 12.0. The van der Waals surface area contributed by atoms with Gasteiger partial charge in [0.15, 0.2) is 0 Å². The molecule has 0 aliphatic rings. The monoisotopic (exact) mass is 466 g/mol. The Morgan fingerprint density at radius 3 is 2.09 bits per heavy atom. The van der Waals surface area contributed by atoms with E-state index < -0.39 is 35.1 Å². The fraction of sp³-hybridized carbons (Fsp3) is 0.259. The Balaban J connectivity index is 1.61. The Kier molecular flexibility index (Phi) is 8.87. The molecule has 0 aromatic heterocycles. The van der Waals surface area contributed by atoms with Crippen LogP contribution in [0.2, 0.25) is 0 Å². The maximum absolute atomic E-state index is 14.0. The number of hydrogen-bond donors (Lipinski definition) is 2. The van der Waals surface area contributed by atoms with Gasteiger partial charge in [0.25, 0.3) is 5.91 Å². The summed E-state index contributed by atoms with van der Waals surface area (Å²) in [6, 6.07) is 19.6. The smallest absolute Gasteiger partial charge is 0.257 e. The van der Waals surface area contributed by atoms with Crippen LogP contribution in [0.3, 0.4) is 0 Å². The molecule has 0 fully saturated rings. The molecule has 3 aromatic carbocycles. The first-order valence-corrected chi connectivity index (χ1v) is 11.1. The summed E-state index contributed by atoms with van der Waals surface area (Å²) in [5, 5.41) is 5.28. The number of halogens is 2. The summed E-state index contributed by atoms with van der Waals surface area (Å²) in [6.45, 7) is 4.55. The predicted molar refractivity (Wildman–Crippen MR) is 126 cm³/mol. The third kappa shape index (κ3) is 6.71. The number of nitrogens with one attached hydrogen (secondary N) is 2. The normalized spacial score (nSPS) is 11.8. The number of carbonyl (C=O) groups excluding carboxylic acids is 2. The van der Waals surface area contributed by atoms with Gasteiger partial charge in [-0.15, -0.1) is 0 Å². The van der Waals surface area contributed by atoms with Gasteiger partial charge in [-0.05, 0) is 34.7 Å². The lowest BCUT2D eigenvalue weighted by Gasteiger charge is -2.22. The van der Waals surface area contributed by atoms with Crippen LogP contribution in [0.25, 0.3) is 0 Å². The van der Waals surface area contributed by atoms with E-state index in [2.05, 4.69) is 10.6 Å². The van der Waals surface area contributed by atoms with Crippen LogP contribution in [0.1, 0.15) is 40.9 Å². The van der Waals surface area contributed by atoms with Gasteiger partial charge in [0.05, 0.1) is 13.2 Å². The molecule has 0 bridgehead atoms. The summed E-state index contributed by atoms with van der Waals surface area (Å²) in [5.74, 6) is -3.68. The van der Waals surface area contributed by atoms with Crippen molar-refractivity contribution < 1.29 is 23.1 Å². The molecule has 0 aliphatic carbocycles. The first-order valence-electron chi connectivity index (χ1n) is 11.1. The lowest BCUT2D eigenvalue weighted by Crippen LogP contribution is -2.49. The number of benzene rings is 3. The molecule has 34 heavy (non-hydrogen) atoms. The van der Waals surface area contributed by atoms with Crippen LogP contribution in [-0.4, -0.2) is 17.9 Å². The highest BCUT2D eigenvalue weighted by molar-refractivity contribution is 5.98. The Morgan fingerprint density at radius 1 is 0.824 bits per heavy atom. The third-order valence-corrected chi connectivity index (χ3v) is 5.37. The summed E-state index contributed by atoms with van der Waals surface area (Å²) in [5.41, 5.74) is 2.16. The van der Waals surface area contributed by atoms with E-state index in [1.54, 1.807) is 13.8 Å². The molecule has 178 valence electrons. The zero-order chi connectivity index (χ0) is 24.5. The zero-order valence-electron chi connectivity index (χ0n) is 19.2. The molecular weight excluding hydrogens is 438 g/mol. The van der Waals surface area contributed by atoms with Gasteiger partial charge in [-0.25, -0.2) is 8.78 Å². The first-order chi connectivity index (χ1) is 16.4. The van der Waals surface area contributed by atoms with Gasteiger partial charge >= 0.3 is 0 Å². The molecule has 1 atom stereocenters. The maximum atomic E-state index is 14.0. The third-order valence-electron chi connectivity index (χ3n) is 5.37. The average Bonchev–Trinajstić information content (AvgIpc) is 2.82. The lowest BCUT2D eigenvalue weighted by molar-refractivity contribution is -0.124. The van der Waals surface area contributed by atoms with E-state index in [4.69, 9.17) is 4.74 Å². The summed E-state index contributed by atoms with van der Waals surface area (Å²) in [4.78, 5) is 25.3. The Labute approximate surface area is 198 Å². The van der Waals surface area contributed by atoms with Crippen LogP contribution in [-0.2, 0) is 29.3 Å². The number of ether oxygens (including phenoxy) is 1. The number of amides is 2. The largest absolute Gasteiger partial charge is 0.372 e. The van der Waals surface area contributed by atoms with Crippen molar-refractivity contribution in [2.45, 2.75) is 39.6 Å². The molecule has 0 spiro atoms. The molecule has 7 heteroatoms. The number of hydrogen-bond acceptors (Lipinski definition) is 3. The highest BCUT2D eigenvalue weighted by atomic mass is 19.1. The molecule has 0 radical (unpaired) electrons. The van der Waals surface area contributed by atoms with Crippen molar-refractivity contribution in [1.82, 2.24) is 10.6 Å². The van der Waals surface area contributed by atoms with Crippen molar-refractivity contribution in [2.75, 3.05) is 0 Å². The molecule has 5 nitrogen and oxygen atoms in total. The fourth-order valence-corrected chi connectivity index (χ4v) is 3.48. The Bertz CT molecular complexity index is 1100. The molecule has 0 heterocycles. The zero-order valence-corrected chi connectivity index (χ0v) is 19.2. The molecule has 2 amide bonds. The van der Waals surface area contributed by atoms with Crippen LogP contribution in [0.5, 0.6) is 0 Å².